The fourth-order valence-electron chi connectivity index (χ4n) is 0.788. The van der Waals surface area contributed by atoms with Crippen molar-refractivity contribution >= 4 is 23.2 Å². The average molecular weight is 217 g/mol. The summed E-state index contributed by atoms with van der Waals surface area (Å²) in [6.45, 7) is 5.17. The van der Waals surface area contributed by atoms with Crippen LogP contribution in [-0.4, -0.2) is 24.1 Å². The second kappa shape index (κ2) is 7.55. The molecule has 0 aliphatic heterocycles. The molecule has 0 aliphatic rings. The number of amides is 2. The number of carbonyl (C=O) groups is 1. The highest BCUT2D eigenvalue weighted by atomic mass is 32.1. The molecule has 82 valence electrons. The van der Waals surface area contributed by atoms with Crippen molar-refractivity contribution in [3.05, 3.63) is 0 Å². The lowest BCUT2D eigenvalue weighted by atomic mass is 10.2. The van der Waals surface area contributed by atoms with E-state index in [0.29, 0.717) is 18.1 Å². The van der Waals surface area contributed by atoms with E-state index in [1.54, 1.807) is 0 Å². The van der Waals surface area contributed by atoms with Gasteiger partial charge in [-0.1, -0.05) is 32.5 Å². The van der Waals surface area contributed by atoms with Crippen LogP contribution in [0.5, 0.6) is 0 Å². The van der Waals surface area contributed by atoms with E-state index in [-0.39, 0.29) is 11.9 Å². The minimum Gasteiger partial charge on any atom is -0.393 e. The third kappa shape index (κ3) is 6.65. The van der Waals surface area contributed by atoms with E-state index < -0.39 is 0 Å². The van der Waals surface area contributed by atoms with Gasteiger partial charge in [0.15, 0.2) is 0 Å². The fourth-order valence-corrected chi connectivity index (χ4v) is 0.871. The molecular weight excluding hydrogens is 198 g/mol. The zero-order valence-electron chi connectivity index (χ0n) is 8.80. The molecule has 0 aromatic rings. The molecule has 14 heavy (non-hydrogen) atoms. The van der Waals surface area contributed by atoms with Crippen LogP contribution in [-0.2, 0) is 0 Å². The van der Waals surface area contributed by atoms with Crippen molar-refractivity contribution in [1.29, 1.82) is 0 Å². The van der Waals surface area contributed by atoms with Crippen LogP contribution in [0.25, 0.3) is 0 Å². The van der Waals surface area contributed by atoms with Crippen LogP contribution < -0.4 is 16.4 Å². The largest absolute Gasteiger partial charge is 0.393 e. The SMILES string of the molecule is CCCCNC(=O)NCC(C)C(N)=S. The van der Waals surface area contributed by atoms with E-state index >= 15 is 0 Å². The maximum absolute atomic E-state index is 11.1. The Bertz CT molecular complexity index is 196. The Labute approximate surface area is 90.6 Å². The van der Waals surface area contributed by atoms with Gasteiger partial charge in [-0.05, 0) is 6.42 Å². The Kier molecular flexibility index (Phi) is 7.10. The molecule has 1 atom stereocenters. The normalized spacial score (nSPS) is 11.9. The molecule has 0 saturated heterocycles. The van der Waals surface area contributed by atoms with Gasteiger partial charge in [0.25, 0.3) is 0 Å². The molecule has 0 spiro atoms. The number of hydrogen-bond donors (Lipinski definition) is 3. The smallest absolute Gasteiger partial charge is 0.314 e. The topological polar surface area (TPSA) is 67.2 Å². The minimum absolute atomic E-state index is 0.0434. The maximum atomic E-state index is 11.1. The fraction of sp³-hybridized carbons (Fsp3) is 0.778. The predicted octanol–water partition coefficient (Wildman–Crippen LogP) is 1.01. The Hall–Kier alpha value is -0.840. The first-order chi connectivity index (χ1) is 6.57. The Balaban J connectivity index is 3.48. The molecule has 2 amide bonds. The second-order valence-electron chi connectivity index (χ2n) is 3.29. The molecule has 0 aromatic carbocycles. The molecule has 4 nitrogen and oxygen atoms in total. The number of rotatable bonds is 6. The first-order valence-electron chi connectivity index (χ1n) is 4.89. The van der Waals surface area contributed by atoms with Crippen LogP contribution in [0.2, 0.25) is 0 Å². The summed E-state index contributed by atoms with van der Waals surface area (Å²) in [5.74, 6) is 0.0434. The summed E-state index contributed by atoms with van der Waals surface area (Å²) < 4.78 is 0. The first-order valence-corrected chi connectivity index (χ1v) is 5.29. The lowest BCUT2D eigenvalue weighted by molar-refractivity contribution is 0.240. The molecular formula is C9H19N3OS. The van der Waals surface area contributed by atoms with Gasteiger partial charge in [0.1, 0.15) is 0 Å². The van der Waals surface area contributed by atoms with Crippen molar-refractivity contribution in [3.63, 3.8) is 0 Å². The predicted molar refractivity (Wildman–Crippen MR) is 62.3 cm³/mol. The summed E-state index contributed by atoms with van der Waals surface area (Å²) >= 11 is 4.78. The third-order valence-corrected chi connectivity index (χ3v) is 2.27. The van der Waals surface area contributed by atoms with Crippen LogP contribution in [0.1, 0.15) is 26.7 Å². The van der Waals surface area contributed by atoms with Crippen LogP contribution in [0, 0.1) is 5.92 Å². The highest BCUT2D eigenvalue weighted by Crippen LogP contribution is 1.91. The molecule has 0 saturated carbocycles. The van der Waals surface area contributed by atoms with Gasteiger partial charge in [-0.25, -0.2) is 4.79 Å². The highest BCUT2D eigenvalue weighted by Gasteiger charge is 2.06. The van der Waals surface area contributed by atoms with Gasteiger partial charge in [-0.3, -0.25) is 0 Å². The third-order valence-electron chi connectivity index (χ3n) is 1.87. The highest BCUT2D eigenvalue weighted by molar-refractivity contribution is 7.80. The van der Waals surface area contributed by atoms with Crippen molar-refractivity contribution in [2.75, 3.05) is 13.1 Å². The van der Waals surface area contributed by atoms with E-state index in [9.17, 15) is 4.79 Å². The van der Waals surface area contributed by atoms with E-state index in [1.165, 1.54) is 0 Å². The number of urea groups is 1. The lowest BCUT2D eigenvalue weighted by Gasteiger charge is -2.11. The zero-order chi connectivity index (χ0) is 11.0. The van der Waals surface area contributed by atoms with Gasteiger partial charge < -0.3 is 16.4 Å². The number of thiocarbonyl (C=S) groups is 1. The van der Waals surface area contributed by atoms with Crippen molar-refractivity contribution < 1.29 is 4.79 Å². The first kappa shape index (κ1) is 13.2. The average Bonchev–Trinajstić information content (AvgIpc) is 2.14. The van der Waals surface area contributed by atoms with Crippen molar-refractivity contribution in [3.8, 4) is 0 Å². The van der Waals surface area contributed by atoms with Crippen LogP contribution in [0.4, 0.5) is 4.79 Å². The Morgan fingerprint density at radius 1 is 1.50 bits per heavy atom. The molecule has 0 radical (unpaired) electrons. The molecule has 0 bridgehead atoms. The molecule has 0 heterocycles. The van der Waals surface area contributed by atoms with Gasteiger partial charge in [0.2, 0.25) is 0 Å². The molecule has 0 rings (SSSR count). The quantitative estimate of drug-likeness (QED) is 0.459. The minimum atomic E-state index is -0.151. The summed E-state index contributed by atoms with van der Waals surface area (Å²) in [5, 5.41) is 5.45. The van der Waals surface area contributed by atoms with E-state index in [1.807, 2.05) is 6.92 Å². The van der Waals surface area contributed by atoms with Crippen LogP contribution in [0.15, 0.2) is 0 Å². The van der Waals surface area contributed by atoms with E-state index in [4.69, 9.17) is 18.0 Å². The summed E-state index contributed by atoms with van der Waals surface area (Å²) in [6.07, 6.45) is 2.07. The summed E-state index contributed by atoms with van der Waals surface area (Å²) in [6, 6.07) is -0.151. The summed E-state index contributed by atoms with van der Waals surface area (Å²) in [5.41, 5.74) is 5.40. The maximum Gasteiger partial charge on any atom is 0.314 e. The number of nitrogens with one attached hydrogen (secondary N) is 2. The standard InChI is InChI=1S/C9H19N3OS/c1-3-4-5-11-9(13)12-6-7(2)8(10)14/h7H,3-6H2,1-2H3,(H2,10,14)(H2,11,12,13). The van der Waals surface area contributed by atoms with Crippen molar-refractivity contribution in [2.24, 2.45) is 11.7 Å². The molecule has 0 aliphatic carbocycles. The molecule has 0 fully saturated rings. The van der Waals surface area contributed by atoms with Gasteiger partial charge in [-0.15, -0.1) is 0 Å². The van der Waals surface area contributed by atoms with Crippen LogP contribution >= 0.6 is 12.2 Å². The van der Waals surface area contributed by atoms with Crippen LogP contribution in [0.3, 0.4) is 0 Å². The van der Waals surface area contributed by atoms with Crippen molar-refractivity contribution in [2.45, 2.75) is 26.7 Å². The van der Waals surface area contributed by atoms with E-state index in [0.717, 1.165) is 12.8 Å². The van der Waals surface area contributed by atoms with Gasteiger partial charge in [0, 0.05) is 19.0 Å². The summed E-state index contributed by atoms with van der Waals surface area (Å²) in [4.78, 5) is 11.6. The Morgan fingerprint density at radius 3 is 2.64 bits per heavy atom. The monoisotopic (exact) mass is 217 g/mol. The van der Waals surface area contributed by atoms with Gasteiger partial charge in [0.05, 0.1) is 4.99 Å². The van der Waals surface area contributed by atoms with E-state index in [2.05, 4.69) is 17.6 Å². The number of hydrogen-bond acceptors (Lipinski definition) is 2. The van der Waals surface area contributed by atoms with Crippen molar-refractivity contribution in [1.82, 2.24) is 10.6 Å². The zero-order valence-corrected chi connectivity index (χ0v) is 9.62. The van der Waals surface area contributed by atoms with Gasteiger partial charge in [-0.2, -0.15) is 0 Å². The number of carbonyl (C=O) groups excluding carboxylic acids is 1. The molecule has 4 N–H and O–H groups in total. The molecule has 0 aromatic heterocycles. The molecule has 5 heteroatoms. The number of nitrogens with two attached hydrogens (primary N) is 1. The van der Waals surface area contributed by atoms with Gasteiger partial charge >= 0.3 is 6.03 Å². The molecule has 1 unspecified atom stereocenters. The number of unbranched alkanes of at least 4 members (excludes halogenated alkanes) is 1. The Morgan fingerprint density at radius 2 is 2.14 bits per heavy atom. The lowest BCUT2D eigenvalue weighted by Crippen LogP contribution is -2.40. The second-order valence-corrected chi connectivity index (χ2v) is 3.77. The summed E-state index contributed by atoms with van der Waals surface area (Å²) in [7, 11) is 0.